The fourth-order valence-electron chi connectivity index (χ4n) is 2.36. The van der Waals surface area contributed by atoms with Gasteiger partial charge in [0.15, 0.2) is 0 Å². The van der Waals surface area contributed by atoms with Gasteiger partial charge in [0.1, 0.15) is 5.75 Å². The highest BCUT2D eigenvalue weighted by molar-refractivity contribution is 6.30. The molecule has 0 aliphatic carbocycles. The lowest BCUT2D eigenvalue weighted by molar-refractivity contribution is 0.0791. The summed E-state index contributed by atoms with van der Waals surface area (Å²) in [5.41, 5.74) is 1.12. The predicted molar refractivity (Wildman–Crippen MR) is 73.3 cm³/mol. The van der Waals surface area contributed by atoms with E-state index in [2.05, 4.69) is 11.9 Å². The second-order valence-electron chi connectivity index (χ2n) is 4.79. The summed E-state index contributed by atoms with van der Waals surface area (Å²) in [7, 11) is 3.79. The number of halogens is 1. The minimum absolute atomic E-state index is 0.375. The van der Waals surface area contributed by atoms with Gasteiger partial charge in [-0.15, -0.1) is 0 Å². The van der Waals surface area contributed by atoms with Crippen LogP contribution in [0.5, 0.6) is 5.75 Å². The van der Waals surface area contributed by atoms with Crippen molar-refractivity contribution in [2.75, 3.05) is 27.3 Å². The molecule has 0 radical (unpaired) electrons. The molecule has 0 N–H and O–H groups in total. The third-order valence-electron chi connectivity index (χ3n) is 3.22. The van der Waals surface area contributed by atoms with E-state index in [0.717, 1.165) is 42.5 Å². The van der Waals surface area contributed by atoms with Gasteiger partial charge < -0.3 is 9.47 Å². The maximum Gasteiger partial charge on any atom is 0.123 e. The molecule has 1 unspecified atom stereocenters. The van der Waals surface area contributed by atoms with Crippen molar-refractivity contribution in [1.29, 1.82) is 0 Å². The molecule has 1 fully saturated rings. The van der Waals surface area contributed by atoms with Crippen LogP contribution in [0.25, 0.3) is 0 Å². The van der Waals surface area contributed by atoms with Crippen LogP contribution in [0.4, 0.5) is 0 Å². The first-order valence-electron chi connectivity index (χ1n) is 6.31. The van der Waals surface area contributed by atoms with Crippen LogP contribution in [-0.2, 0) is 11.3 Å². The van der Waals surface area contributed by atoms with Gasteiger partial charge in [0.05, 0.1) is 13.2 Å². The summed E-state index contributed by atoms with van der Waals surface area (Å²) < 4.78 is 11.0. The van der Waals surface area contributed by atoms with Crippen molar-refractivity contribution in [3.05, 3.63) is 28.8 Å². The van der Waals surface area contributed by atoms with E-state index >= 15 is 0 Å². The van der Waals surface area contributed by atoms with E-state index in [4.69, 9.17) is 21.1 Å². The van der Waals surface area contributed by atoms with Gasteiger partial charge in [-0.25, -0.2) is 0 Å². The number of ether oxygens (including phenoxy) is 2. The number of likely N-dealkylation sites (N-methyl/N-ethyl adjacent to an activating group) is 1. The number of benzene rings is 1. The molecular weight excluding hydrogens is 250 g/mol. The Morgan fingerprint density at radius 3 is 3.00 bits per heavy atom. The van der Waals surface area contributed by atoms with Crippen LogP contribution in [0.1, 0.15) is 18.4 Å². The Morgan fingerprint density at radius 1 is 1.50 bits per heavy atom. The van der Waals surface area contributed by atoms with Gasteiger partial charge in [0.2, 0.25) is 0 Å². The van der Waals surface area contributed by atoms with Crippen molar-refractivity contribution in [3.63, 3.8) is 0 Å². The van der Waals surface area contributed by atoms with Crippen LogP contribution in [0.15, 0.2) is 18.2 Å². The molecule has 0 amide bonds. The first kappa shape index (κ1) is 13.7. The number of methoxy groups -OCH3 is 1. The highest BCUT2D eigenvalue weighted by Crippen LogP contribution is 2.24. The molecule has 4 heteroatoms. The first-order valence-corrected chi connectivity index (χ1v) is 6.69. The van der Waals surface area contributed by atoms with Crippen LogP contribution >= 0.6 is 11.6 Å². The van der Waals surface area contributed by atoms with Gasteiger partial charge in [-0.05, 0) is 38.1 Å². The molecule has 2 rings (SSSR count). The predicted octanol–water partition coefficient (Wildman–Crippen LogP) is 2.96. The lowest BCUT2D eigenvalue weighted by Crippen LogP contribution is -2.28. The van der Waals surface area contributed by atoms with Gasteiger partial charge in [-0.1, -0.05) is 11.6 Å². The zero-order valence-corrected chi connectivity index (χ0v) is 11.7. The molecule has 0 spiro atoms. The Labute approximate surface area is 114 Å². The highest BCUT2D eigenvalue weighted by Gasteiger charge is 2.18. The monoisotopic (exact) mass is 269 g/mol. The summed E-state index contributed by atoms with van der Waals surface area (Å²) in [4.78, 5) is 2.25. The topological polar surface area (TPSA) is 21.7 Å². The average molecular weight is 270 g/mol. The van der Waals surface area contributed by atoms with Crippen molar-refractivity contribution >= 4 is 11.6 Å². The number of hydrogen-bond donors (Lipinski definition) is 0. The van der Waals surface area contributed by atoms with Crippen molar-refractivity contribution in [1.82, 2.24) is 4.90 Å². The van der Waals surface area contributed by atoms with E-state index in [1.54, 1.807) is 7.11 Å². The normalized spacial score (nSPS) is 19.4. The van der Waals surface area contributed by atoms with Crippen molar-refractivity contribution in [2.45, 2.75) is 25.5 Å². The van der Waals surface area contributed by atoms with E-state index in [0.29, 0.717) is 6.10 Å². The molecule has 0 saturated carbocycles. The molecule has 1 aromatic carbocycles. The van der Waals surface area contributed by atoms with Gasteiger partial charge >= 0.3 is 0 Å². The largest absolute Gasteiger partial charge is 0.496 e. The summed E-state index contributed by atoms with van der Waals surface area (Å²) in [5, 5.41) is 0.747. The standard InChI is InChI=1S/C14H20ClNO2/c1-16(10-13-4-3-7-18-13)9-11-8-12(15)5-6-14(11)17-2/h5-6,8,13H,3-4,7,9-10H2,1-2H3. The molecule has 1 atom stereocenters. The maximum atomic E-state index is 6.03. The Morgan fingerprint density at radius 2 is 2.33 bits per heavy atom. The summed E-state index contributed by atoms with van der Waals surface area (Å²) in [6, 6.07) is 5.73. The molecule has 1 aliphatic rings. The molecule has 1 saturated heterocycles. The summed E-state index contributed by atoms with van der Waals surface area (Å²) in [6.45, 7) is 2.68. The molecule has 0 bridgehead atoms. The molecule has 18 heavy (non-hydrogen) atoms. The molecule has 1 aliphatic heterocycles. The molecular formula is C14H20ClNO2. The van der Waals surface area contributed by atoms with Crippen molar-refractivity contribution in [2.24, 2.45) is 0 Å². The maximum absolute atomic E-state index is 6.03. The van der Waals surface area contributed by atoms with Crippen molar-refractivity contribution in [3.8, 4) is 5.75 Å². The lowest BCUT2D eigenvalue weighted by atomic mass is 10.1. The summed E-state index contributed by atoms with van der Waals surface area (Å²) in [6.07, 6.45) is 2.72. The van der Waals surface area contributed by atoms with Crippen molar-refractivity contribution < 1.29 is 9.47 Å². The SMILES string of the molecule is COc1ccc(Cl)cc1CN(C)CC1CCCO1. The lowest BCUT2D eigenvalue weighted by Gasteiger charge is -2.21. The van der Waals surface area contributed by atoms with Crippen LogP contribution in [0, 0.1) is 0 Å². The second kappa shape index (κ2) is 6.41. The highest BCUT2D eigenvalue weighted by atomic mass is 35.5. The third-order valence-corrected chi connectivity index (χ3v) is 3.46. The van der Waals surface area contributed by atoms with Crippen LogP contribution in [-0.4, -0.2) is 38.3 Å². The minimum Gasteiger partial charge on any atom is -0.496 e. The molecule has 3 nitrogen and oxygen atoms in total. The molecule has 1 aromatic rings. The average Bonchev–Trinajstić information content (AvgIpc) is 2.82. The Bertz CT molecular complexity index is 391. The Balaban J connectivity index is 1.96. The third kappa shape index (κ3) is 3.61. The van der Waals surface area contributed by atoms with E-state index in [1.165, 1.54) is 6.42 Å². The Kier molecular flexibility index (Phi) is 4.87. The van der Waals surface area contributed by atoms with Crippen LogP contribution in [0.2, 0.25) is 5.02 Å². The molecule has 0 aromatic heterocycles. The van der Waals surface area contributed by atoms with Gasteiger partial charge in [0.25, 0.3) is 0 Å². The summed E-state index contributed by atoms with van der Waals surface area (Å²) >= 11 is 6.03. The summed E-state index contributed by atoms with van der Waals surface area (Å²) in [5.74, 6) is 0.888. The smallest absolute Gasteiger partial charge is 0.123 e. The Hall–Kier alpha value is -0.770. The van der Waals surface area contributed by atoms with E-state index in [1.807, 2.05) is 18.2 Å². The van der Waals surface area contributed by atoms with Crippen LogP contribution < -0.4 is 4.74 Å². The fourth-order valence-corrected chi connectivity index (χ4v) is 2.56. The molecule has 100 valence electrons. The van der Waals surface area contributed by atoms with Gasteiger partial charge in [-0.2, -0.15) is 0 Å². The fraction of sp³-hybridized carbons (Fsp3) is 0.571. The quantitative estimate of drug-likeness (QED) is 0.820. The van der Waals surface area contributed by atoms with E-state index in [-0.39, 0.29) is 0 Å². The number of nitrogens with zero attached hydrogens (tertiary/aromatic N) is 1. The van der Waals surface area contributed by atoms with Gasteiger partial charge in [-0.3, -0.25) is 4.90 Å². The first-order chi connectivity index (χ1) is 8.69. The number of hydrogen-bond acceptors (Lipinski definition) is 3. The zero-order valence-electron chi connectivity index (χ0n) is 11.0. The van der Waals surface area contributed by atoms with E-state index < -0.39 is 0 Å². The van der Waals surface area contributed by atoms with E-state index in [9.17, 15) is 0 Å². The number of rotatable bonds is 5. The second-order valence-corrected chi connectivity index (χ2v) is 5.22. The minimum atomic E-state index is 0.375. The zero-order chi connectivity index (χ0) is 13.0. The molecule has 1 heterocycles. The van der Waals surface area contributed by atoms with Gasteiger partial charge in [0, 0.05) is 30.3 Å². The van der Waals surface area contributed by atoms with Crippen LogP contribution in [0.3, 0.4) is 0 Å².